The number of hydrogen-bond donors (Lipinski definition) is 0. The van der Waals surface area contributed by atoms with Gasteiger partial charge in [-0.1, -0.05) is 176 Å². The topological polar surface area (TPSA) is 64.5 Å². The molecule has 59 heavy (non-hydrogen) atoms. The Morgan fingerprint density at radius 2 is 0.814 bits per heavy atom. The fourth-order valence-corrected chi connectivity index (χ4v) is 9.51. The molecule has 9 aromatic rings. The summed E-state index contributed by atoms with van der Waals surface area (Å²) in [5.41, 5.74) is 11.5. The van der Waals surface area contributed by atoms with E-state index in [2.05, 4.69) is 127 Å². The molecule has 2 aliphatic rings. The zero-order valence-corrected chi connectivity index (χ0v) is 32.6. The van der Waals surface area contributed by atoms with E-state index in [0.717, 1.165) is 72.9 Å². The first-order valence-corrected chi connectivity index (χ1v) is 20.7. The molecule has 3 unspecified atom stereocenters. The van der Waals surface area contributed by atoms with Crippen molar-refractivity contribution in [2.45, 2.75) is 31.6 Å². The van der Waals surface area contributed by atoms with E-state index in [1.165, 1.54) is 36.8 Å². The summed E-state index contributed by atoms with van der Waals surface area (Å²) in [6.07, 6.45) is 5.53. The Kier molecular flexibility index (Phi) is 8.92. The number of hydrogen-bond acceptors (Lipinski definition) is 5. The van der Waals surface area contributed by atoms with Crippen LogP contribution in [0.3, 0.4) is 0 Å². The van der Waals surface area contributed by atoms with E-state index in [4.69, 9.17) is 24.9 Å². The molecule has 2 aliphatic carbocycles. The molecule has 2 saturated carbocycles. The van der Waals surface area contributed by atoms with E-state index < -0.39 is 0 Å². The molecular weight excluding hydrogens is 719 g/mol. The maximum absolute atomic E-state index is 5.24. The molecule has 5 nitrogen and oxygen atoms in total. The van der Waals surface area contributed by atoms with Gasteiger partial charge in [-0.25, -0.2) is 24.9 Å². The van der Waals surface area contributed by atoms with E-state index >= 15 is 0 Å². The van der Waals surface area contributed by atoms with Gasteiger partial charge in [0.15, 0.2) is 23.3 Å². The van der Waals surface area contributed by atoms with Gasteiger partial charge in [-0.15, -0.1) is 0 Å². The first-order chi connectivity index (χ1) is 29.2. The van der Waals surface area contributed by atoms with E-state index in [0.29, 0.717) is 29.2 Å². The summed E-state index contributed by atoms with van der Waals surface area (Å²) in [5, 5.41) is 2.10. The van der Waals surface area contributed by atoms with Crippen molar-refractivity contribution in [3.63, 3.8) is 0 Å². The van der Waals surface area contributed by atoms with Gasteiger partial charge in [-0.3, -0.25) is 0 Å². The predicted molar refractivity (Wildman–Crippen MR) is 239 cm³/mol. The molecule has 7 aromatic carbocycles. The molecule has 0 spiro atoms. The third-order valence-electron chi connectivity index (χ3n) is 12.5. The van der Waals surface area contributed by atoms with Gasteiger partial charge in [0, 0.05) is 33.4 Å². The van der Waals surface area contributed by atoms with E-state index in [-0.39, 0.29) is 0 Å². The standard InChI is InChI=1S/C54H41N5/c1-4-12-36(13-5-1)37-22-28-42(29-23-37)53-57-52(41-16-8-3-9-17-41)58-54(59-53)47-31-30-46(44-18-10-11-19-45(44)47)50-34-49(55-51(56-50)40-14-6-2-7-15-40)39-26-24-38(25-27-39)48-33-35-20-21-43(48)32-35/h1-19,22-31,34-35,43,48H,20-21,32-33H2. The summed E-state index contributed by atoms with van der Waals surface area (Å²) in [6.45, 7) is 0. The SMILES string of the molecule is c1ccc(-c2ccc(-c3nc(-c4ccccc4)nc(-c4ccc(-c5cc(-c6ccc(C7CC8CCC7C8)cc6)nc(-c6ccccc6)n5)c5ccccc45)n3)cc2)cc1. The number of rotatable bonds is 8. The molecule has 11 rings (SSSR count). The van der Waals surface area contributed by atoms with Gasteiger partial charge in [-0.05, 0) is 76.6 Å². The molecule has 0 N–H and O–H groups in total. The second-order valence-corrected chi connectivity index (χ2v) is 16.1. The lowest BCUT2D eigenvalue weighted by molar-refractivity contribution is 0.420. The number of aromatic nitrogens is 5. The lowest BCUT2D eigenvalue weighted by Gasteiger charge is -2.22. The Morgan fingerprint density at radius 3 is 1.42 bits per heavy atom. The Morgan fingerprint density at radius 1 is 0.339 bits per heavy atom. The van der Waals surface area contributed by atoms with Gasteiger partial charge in [0.2, 0.25) is 0 Å². The molecular formula is C54H41N5. The molecule has 2 fully saturated rings. The second kappa shape index (κ2) is 15.0. The van der Waals surface area contributed by atoms with Crippen molar-refractivity contribution in [1.82, 2.24) is 24.9 Å². The van der Waals surface area contributed by atoms with E-state index in [1.54, 1.807) is 0 Å². The van der Waals surface area contributed by atoms with Crippen molar-refractivity contribution < 1.29 is 0 Å². The summed E-state index contributed by atoms with van der Waals surface area (Å²) in [4.78, 5) is 25.7. The lowest BCUT2D eigenvalue weighted by atomic mass is 9.83. The summed E-state index contributed by atoms with van der Waals surface area (Å²) >= 11 is 0. The molecule has 2 bridgehead atoms. The van der Waals surface area contributed by atoms with Crippen LogP contribution < -0.4 is 0 Å². The molecule has 0 radical (unpaired) electrons. The fourth-order valence-electron chi connectivity index (χ4n) is 9.51. The highest BCUT2D eigenvalue weighted by Gasteiger charge is 2.40. The Balaban J connectivity index is 1.02. The van der Waals surface area contributed by atoms with Crippen molar-refractivity contribution in [2.24, 2.45) is 11.8 Å². The zero-order valence-electron chi connectivity index (χ0n) is 32.6. The van der Waals surface area contributed by atoms with Crippen LogP contribution in [0.5, 0.6) is 0 Å². The lowest BCUT2D eigenvalue weighted by Crippen LogP contribution is -2.08. The Labute approximate surface area is 344 Å². The molecule has 2 aromatic heterocycles. The first kappa shape index (κ1) is 35.1. The largest absolute Gasteiger partial charge is 0.228 e. The minimum atomic E-state index is 0.618. The normalized spacial score (nSPS) is 17.1. The zero-order chi connectivity index (χ0) is 39.1. The first-order valence-electron chi connectivity index (χ1n) is 20.7. The molecule has 2 heterocycles. The Bertz CT molecular complexity index is 2930. The van der Waals surface area contributed by atoms with Crippen molar-refractivity contribution in [2.75, 3.05) is 0 Å². The van der Waals surface area contributed by atoms with Crippen LogP contribution in [0.25, 0.3) is 90.0 Å². The van der Waals surface area contributed by atoms with Crippen LogP contribution in [-0.2, 0) is 0 Å². The van der Waals surface area contributed by atoms with Gasteiger partial charge in [0.1, 0.15) is 0 Å². The minimum Gasteiger partial charge on any atom is -0.228 e. The molecule has 5 heteroatoms. The van der Waals surface area contributed by atoms with Crippen molar-refractivity contribution >= 4 is 10.8 Å². The Hall–Kier alpha value is -7.11. The highest BCUT2D eigenvalue weighted by atomic mass is 15.0. The van der Waals surface area contributed by atoms with Gasteiger partial charge in [-0.2, -0.15) is 0 Å². The molecule has 282 valence electrons. The predicted octanol–water partition coefficient (Wildman–Crippen LogP) is 13.4. The minimum absolute atomic E-state index is 0.618. The highest BCUT2D eigenvalue weighted by Crippen LogP contribution is 2.53. The average Bonchev–Trinajstić information content (AvgIpc) is 3.97. The molecule has 0 aliphatic heterocycles. The van der Waals surface area contributed by atoms with Crippen molar-refractivity contribution in [1.29, 1.82) is 0 Å². The summed E-state index contributed by atoms with van der Waals surface area (Å²) in [7, 11) is 0. The monoisotopic (exact) mass is 759 g/mol. The molecule has 3 atom stereocenters. The number of benzene rings is 7. The summed E-state index contributed by atoms with van der Waals surface area (Å²) in [6, 6.07) is 63.5. The van der Waals surface area contributed by atoms with Crippen LogP contribution in [0.2, 0.25) is 0 Å². The van der Waals surface area contributed by atoms with Crippen LogP contribution >= 0.6 is 0 Å². The van der Waals surface area contributed by atoms with Crippen LogP contribution in [-0.4, -0.2) is 24.9 Å². The van der Waals surface area contributed by atoms with Gasteiger partial charge >= 0.3 is 0 Å². The van der Waals surface area contributed by atoms with Crippen LogP contribution in [0.4, 0.5) is 0 Å². The van der Waals surface area contributed by atoms with Crippen LogP contribution in [0.1, 0.15) is 37.2 Å². The summed E-state index contributed by atoms with van der Waals surface area (Å²) in [5.74, 6) is 5.03. The maximum Gasteiger partial charge on any atom is 0.164 e. The smallest absolute Gasteiger partial charge is 0.164 e. The molecule has 0 amide bonds. The quantitative estimate of drug-likeness (QED) is 0.154. The van der Waals surface area contributed by atoms with Crippen LogP contribution in [0.15, 0.2) is 182 Å². The second-order valence-electron chi connectivity index (χ2n) is 16.1. The maximum atomic E-state index is 5.24. The average molecular weight is 760 g/mol. The third kappa shape index (κ3) is 6.79. The van der Waals surface area contributed by atoms with E-state index in [1.807, 2.05) is 54.6 Å². The number of fused-ring (bicyclic) bond motifs is 3. The van der Waals surface area contributed by atoms with E-state index in [9.17, 15) is 0 Å². The van der Waals surface area contributed by atoms with Crippen molar-refractivity contribution in [3.8, 4) is 79.2 Å². The van der Waals surface area contributed by atoms with Gasteiger partial charge in [0.25, 0.3) is 0 Å². The van der Waals surface area contributed by atoms with Gasteiger partial charge in [0.05, 0.1) is 11.4 Å². The highest BCUT2D eigenvalue weighted by molar-refractivity contribution is 6.04. The fraction of sp³-hybridized carbons (Fsp3) is 0.130. The van der Waals surface area contributed by atoms with Gasteiger partial charge < -0.3 is 0 Å². The summed E-state index contributed by atoms with van der Waals surface area (Å²) < 4.78 is 0. The third-order valence-corrected chi connectivity index (χ3v) is 12.5. The van der Waals surface area contributed by atoms with Crippen LogP contribution in [0, 0.1) is 11.8 Å². The molecule has 0 saturated heterocycles. The van der Waals surface area contributed by atoms with Crippen molar-refractivity contribution in [3.05, 3.63) is 188 Å². The number of nitrogens with zero attached hydrogens (tertiary/aromatic N) is 5.